The van der Waals surface area contributed by atoms with Gasteiger partial charge in [0.25, 0.3) is 0 Å². The number of oxazole rings is 1. The van der Waals surface area contributed by atoms with E-state index in [1.807, 2.05) is 0 Å². The lowest BCUT2D eigenvalue weighted by molar-refractivity contribution is -0.167. The SMILES string of the molecule is O=C(Nc1cnc(-c2ccc(Cl)nc2)o1)C(F)(F)F. The van der Waals surface area contributed by atoms with E-state index in [1.54, 1.807) is 5.32 Å². The van der Waals surface area contributed by atoms with Gasteiger partial charge in [-0.15, -0.1) is 0 Å². The summed E-state index contributed by atoms with van der Waals surface area (Å²) in [6.07, 6.45) is -2.69. The highest BCUT2D eigenvalue weighted by molar-refractivity contribution is 6.29. The number of carbonyl (C=O) groups excluding carboxylic acids is 1. The van der Waals surface area contributed by atoms with Gasteiger partial charge in [0.05, 0.1) is 11.8 Å². The van der Waals surface area contributed by atoms with E-state index < -0.39 is 18.0 Å². The van der Waals surface area contributed by atoms with Gasteiger partial charge >= 0.3 is 12.1 Å². The maximum atomic E-state index is 12.0. The predicted molar refractivity (Wildman–Crippen MR) is 59.4 cm³/mol. The normalized spacial score (nSPS) is 11.4. The van der Waals surface area contributed by atoms with Gasteiger partial charge in [-0.3, -0.25) is 10.1 Å². The Morgan fingerprint density at radius 3 is 2.58 bits per heavy atom. The van der Waals surface area contributed by atoms with Gasteiger partial charge in [0, 0.05) is 6.20 Å². The fourth-order valence-electron chi connectivity index (χ4n) is 1.15. The zero-order valence-electron chi connectivity index (χ0n) is 9.03. The lowest BCUT2D eigenvalue weighted by atomic mass is 10.3. The molecule has 100 valence electrons. The summed E-state index contributed by atoms with van der Waals surface area (Å²) >= 11 is 5.58. The van der Waals surface area contributed by atoms with Crippen LogP contribution in [0.1, 0.15) is 0 Å². The van der Waals surface area contributed by atoms with Crippen LogP contribution in [0, 0.1) is 0 Å². The van der Waals surface area contributed by atoms with Crippen LogP contribution in [0.15, 0.2) is 28.9 Å². The van der Waals surface area contributed by atoms with Crippen LogP contribution in [0.3, 0.4) is 0 Å². The fraction of sp³-hybridized carbons (Fsp3) is 0.100. The summed E-state index contributed by atoms with van der Waals surface area (Å²) in [6.45, 7) is 0. The summed E-state index contributed by atoms with van der Waals surface area (Å²) in [5.41, 5.74) is 0.414. The smallest absolute Gasteiger partial charge is 0.420 e. The summed E-state index contributed by atoms with van der Waals surface area (Å²) < 4.78 is 41.0. The summed E-state index contributed by atoms with van der Waals surface area (Å²) in [6, 6.07) is 2.99. The summed E-state index contributed by atoms with van der Waals surface area (Å²) in [4.78, 5) is 18.2. The molecular formula is C10H5ClF3N3O2. The highest BCUT2D eigenvalue weighted by Gasteiger charge is 2.39. The minimum atomic E-state index is -4.99. The van der Waals surface area contributed by atoms with Gasteiger partial charge in [-0.05, 0) is 12.1 Å². The minimum absolute atomic E-state index is 0.0154. The van der Waals surface area contributed by atoms with Crippen LogP contribution in [-0.2, 0) is 4.79 Å². The van der Waals surface area contributed by atoms with Crippen LogP contribution >= 0.6 is 11.6 Å². The van der Waals surface area contributed by atoms with Crippen molar-refractivity contribution in [3.05, 3.63) is 29.7 Å². The van der Waals surface area contributed by atoms with Gasteiger partial charge in [-0.2, -0.15) is 13.2 Å². The molecule has 2 heterocycles. The Morgan fingerprint density at radius 1 is 1.26 bits per heavy atom. The number of rotatable bonds is 2. The first-order valence-electron chi connectivity index (χ1n) is 4.82. The van der Waals surface area contributed by atoms with Crippen molar-refractivity contribution < 1.29 is 22.4 Å². The first kappa shape index (κ1) is 13.3. The predicted octanol–water partition coefficient (Wildman–Crippen LogP) is 2.89. The number of aromatic nitrogens is 2. The van der Waals surface area contributed by atoms with Crippen molar-refractivity contribution in [3.63, 3.8) is 0 Å². The number of alkyl halides is 3. The first-order valence-corrected chi connectivity index (χ1v) is 5.20. The van der Waals surface area contributed by atoms with Crippen molar-refractivity contribution in [2.75, 3.05) is 5.32 Å². The van der Waals surface area contributed by atoms with Crippen LogP contribution in [-0.4, -0.2) is 22.1 Å². The monoisotopic (exact) mass is 291 g/mol. The zero-order chi connectivity index (χ0) is 14.0. The topological polar surface area (TPSA) is 68.0 Å². The summed E-state index contributed by atoms with van der Waals surface area (Å²) in [5, 5.41) is 1.79. The fourth-order valence-corrected chi connectivity index (χ4v) is 1.26. The van der Waals surface area contributed by atoms with Gasteiger partial charge in [0.15, 0.2) is 0 Å². The molecule has 0 saturated heterocycles. The van der Waals surface area contributed by atoms with Crippen LogP contribution in [0.2, 0.25) is 5.15 Å². The molecule has 0 aliphatic heterocycles. The number of nitrogens with zero attached hydrogens (tertiary/aromatic N) is 2. The Balaban J connectivity index is 2.16. The minimum Gasteiger partial charge on any atom is -0.420 e. The molecule has 0 fully saturated rings. The van der Waals surface area contributed by atoms with E-state index in [1.165, 1.54) is 18.3 Å². The number of hydrogen-bond acceptors (Lipinski definition) is 4. The number of hydrogen-bond donors (Lipinski definition) is 1. The lowest BCUT2D eigenvalue weighted by Gasteiger charge is -2.04. The second-order valence-corrected chi connectivity index (χ2v) is 3.74. The highest BCUT2D eigenvalue weighted by atomic mass is 35.5. The molecule has 0 aliphatic carbocycles. The first-order chi connectivity index (χ1) is 8.86. The van der Waals surface area contributed by atoms with E-state index in [0.29, 0.717) is 5.56 Å². The number of nitrogens with one attached hydrogen (secondary N) is 1. The largest absolute Gasteiger partial charge is 0.471 e. The molecule has 0 aromatic carbocycles. The molecule has 19 heavy (non-hydrogen) atoms. The molecule has 0 radical (unpaired) electrons. The second kappa shape index (κ2) is 4.88. The van der Waals surface area contributed by atoms with E-state index in [-0.39, 0.29) is 11.0 Å². The van der Waals surface area contributed by atoms with Crippen molar-refractivity contribution in [1.82, 2.24) is 9.97 Å². The molecule has 2 aromatic rings. The van der Waals surface area contributed by atoms with Crippen molar-refractivity contribution in [1.29, 1.82) is 0 Å². The number of anilines is 1. The number of pyridine rings is 1. The third-order valence-electron chi connectivity index (χ3n) is 1.97. The quantitative estimate of drug-likeness (QED) is 0.864. The molecular weight excluding hydrogens is 287 g/mol. The van der Waals surface area contributed by atoms with E-state index in [4.69, 9.17) is 16.0 Å². The van der Waals surface area contributed by atoms with Gasteiger partial charge in [0.2, 0.25) is 11.8 Å². The lowest BCUT2D eigenvalue weighted by Crippen LogP contribution is -2.29. The van der Waals surface area contributed by atoms with Gasteiger partial charge in [-0.1, -0.05) is 11.6 Å². The zero-order valence-corrected chi connectivity index (χ0v) is 9.79. The van der Waals surface area contributed by atoms with Crippen LogP contribution < -0.4 is 5.32 Å². The Kier molecular flexibility index (Phi) is 3.43. The molecule has 0 bridgehead atoms. The van der Waals surface area contributed by atoms with Crippen LogP contribution in [0.25, 0.3) is 11.5 Å². The number of amides is 1. The van der Waals surface area contributed by atoms with E-state index in [0.717, 1.165) is 6.20 Å². The Labute approximate surface area is 109 Å². The third kappa shape index (κ3) is 3.22. The van der Waals surface area contributed by atoms with Gasteiger partial charge in [0.1, 0.15) is 5.15 Å². The molecule has 9 heteroatoms. The second-order valence-electron chi connectivity index (χ2n) is 3.35. The number of carbonyl (C=O) groups is 1. The third-order valence-corrected chi connectivity index (χ3v) is 2.20. The van der Waals surface area contributed by atoms with Gasteiger partial charge < -0.3 is 4.42 Å². The average Bonchev–Trinajstić information content (AvgIpc) is 2.77. The van der Waals surface area contributed by atoms with E-state index in [9.17, 15) is 18.0 Å². The summed E-state index contributed by atoms with van der Waals surface area (Å²) in [7, 11) is 0. The Bertz CT molecular complexity index is 595. The standard InChI is InChI=1S/C10H5ClF3N3O2/c11-6-2-1-5(3-15-6)8-16-4-7(19-8)17-9(18)10(12,13)14/h1-4H,(H,17,18). The van der Waals surface area contributed by atoms with Crippen molar-refractivity contribution in [2.45, 2.75) is 6.18 Å². The molecule has 2 rings (SSSR count). The molecule has 0 atom stereocenters. The molecule has 2 aromatic heterocycles. The molecule has 0 aliphatic rings. The molecule has 1 amide bonds. The Morgan fingerprint density at radius 2 is 2.00 bits per heavy atom. The summed E-state index contributed by atoms with van der Waals surface area (Å²) in [5.74, 6) is -2.53. The highest BCUT2D eigenvalue weighted by Crippen LogP contribution is 2.23. The van der Waals surface area contributed by atoms with Crippen LogP contribution in [0.5, 0.6) is 0 Å². The average molecular weight is 292 g/mol. The van der Waals surface area contributed by atoms with E-state index in [2.05, 4.69) is 9.97 Å². The molecule has 5 nitrogen and oxygen atoms in total. The molecule has 0 unspecified atom stereocenters. The molecule has 1 N–H and O–H groups in total. The van der Waals surface area contributed by atoms with Crippen molar-refractivity contribution in [2.24, 2.45) is 0 Å². The Hall–Kier alpha value is -2.09. The van der Waals surface area contributed by atoms with E-state index >= 15 is 0 Å². The molecule has 0 spiro atoms. The number of halogens is 4. The molecule has 0 saturated carbocycles. The van der Waals surface area contributed by atoms with Crippen LogP contribution in [0.4, 0.5) is 19.1 Å². The van der Waals surface area contributed by atoms with Crippen molar-refractivity contribution >= 4 is 23.4 Å². The maximum Gasteiger partial charge on any atom is 0.471 e. The maximum absolute atomic E-state index is 12.0. The van der Waals surface area contributed by atoms with Crippen molar-refractivity contribution in [3.8, 4) is 11.5 Å². The van der Waals surface area contributed by atoms with Gasteiger partial charge in [-0.25, -0.2) is 9.97 Å².